The van der Waals surface area contributed by atoms with E-state index >= 15 is 0 Å². The summed E-state index contributed by atoms with van der Waals surface area (Å²) in [5, 5.41) is 8.88. The number of aliphatic hydroxyl groups is 1. The number of hydrogen-bond acceptors (Lipinski definition) is 7. The molecule has 120 valence electrons. The molecule has 0 spiro atoms. The van der Waals surface area contributed by atoms with Crippen molar-refractivity contribution in [3.63, 3.8) is 0 Å². The number of amides is 3. The molecule has 0 heterocycles. The van der Waals surface area contributed by atoms with Crippen LogP contribution in [0.15, 0.2) is 0 Å². The maximum atomic E-state index is 11.9. The molecule has 0 fully saturated rings. The molecule has 9 heteroatoms. The Kier molecular flexibility index (Phi) is 8.90. The fourth-order valence-electron chi connectivity index (χ4n) is 1.37. The zero-order valence-corrected chi connectivity index (χ0v) is 12.3. The topological polar surface area (TPSA) is 113 Å². The van der Waals surface area contributed by atoms with Crippen molar-refractivity contribution in [1.82, 2.24) is 9.80 Å². The molecule has 0 aromatic heterocycles. The van der Waals surface area contributed by atoms with Gasteiger partial charge in [-0.15, -0.1) is 0 Å². The van der Waals surface area contributed by atoms with Gasteiger partial charge in [-0.25, -0.2) is 0 Å². The van der Waals surface area contributed by atoms with Crippen molar-refractivity contribution in [2.75, 3.05) is 27.3 Å². The number of nitrogens with zero attached hydrogens (tertiary/aromatic N) is 2. The number of hydrogen-bond donors (Lipinski definition) is 1. The quantitative estimate of drug-likeness (QED) is 0.454. The van der Waals surface area contributed by atoms with Gasteiger partial charge in [0.15, 0.2) is 6.73 Å². The Hall–Kier alpha value is -2.00. The minimum Gasteiger partial charge on any atom is -0.444 e. The number of methoxy groups -OCH3 is 1. The van der Waals surface area contributed by atoms with Crippen molar-refractivity contribution in [1.29, 1.82) is 0 Å². The fraction of sp³-hybridized carbons (Fsp3) is 0.667. The molecular formula is C12H20N2O7. The normalized spacial score (nSPS) is 9.90. The predicted molar refractivity (Wildman–Crippen MR) is 69.2 cm³/mol. The summed E-state index contributed by atoms with van der Waals surface area (Å²) in [5.74, 6) is -2.30. The van der Waals surface area contributed by atoms with Crippen molar-refractivity contribution in [3.8, 4) is 0 Å². The monoisotopic (exact) mass is 304 g/mol. The van der Waals surface area contributed by atoms with E-state index in [0.29, 0.717) is 4.90 Å². The van der Waals surface area contributed by atoms with Crippen LogP contribution in [-0.4, -0.2) is 65.9 Å². The van der Waals surface area contributed by atoms with E-state index < -0.39 is 30.4 Å². The maximum absolute atomic E-state index is 11.9. The number of aliphatic hydroxyl groups excluding tert-OH is 1. The van der Waals surface area contributed by atoms with E-state index in [2.05, 4.69) is 4.74 Å². The second-order valence-electron chi connectivity index (χ2n) is 4.10. The van der Waals surface area contributed by atoms with E-state index in [1.54, 1.807) is 0 Å². The number of esters is 1. The molecule has 1 N–H and O–H groups in total. The highest BCUT2D eigenvalue weighted by atomic mass is 16.6. The lowest BCUT2D eigenvalue weighted by atomic mass is 10.2. The van der Waals surface area contributed by atoms with Crippen LogP contribution >= 0.6 is 0 Å². The Labute approximate surface area is 122 Å². The summed E-state index contributed by atoms with van der Waals surface area (Å²) in [6.45, 7) is 1.21. The van der Waals surface area contributed by atoms with Gasteiger partial charge >= 0.3 is 5.97 Å². The van der Waals surface area contributed by atoms with Gasteiger partial charge in [0.05, 0.1) is 0 Å². The van der Waals surface area contributed by atoms with Crippen LogP contribution in [0.25, 0.3) is 0 Å². The highest BCUT2D eigenvalue weighted by molar-refractivity contribution is 5.95. The minimum absolute atomic E-state index is 0.100. The van der Waals surface area contributed by atoms with Gasteiger partial charge in [-0.2, -0.15) is 0 Å². The van der Waals surface area contributed by atoms with Gasteiger partial charge in [0.2, 0.25) is 17.7 Å². The smallest absolute Gasteiger partial charge is 0.304 e. The first kappa shape index (κ1) is 19.0. The molecule has 0 radical (unpaired) electrons. The molecule has 0 unspecified atom stereocenters. The van der Waals surface area contributed by atoms with E-state index in [0.717, 1.165) is 11.8 Å². The lowest BCUT2D eigenvalue weighted by molar-refractivity contribution is -0.157. The van der Waals surface area contributed by atoms with Crippen molar-refractivity contribution < 1.29 is 33.8 Å². The van der Waals surface area contributed by atoms with Crippen molar-refractivity contribution in [2.24, 2.45) is 0 Å². The van der Waals surface area contributed by atoms with E-state index in [9.17, 15) is 19.2 Å². The Morgan fingerprint density at radius 2 is 1.57 bits per heavy atom. The Morgan fingerprint density at radius 3 is 2.00 bits per heavy atom. The Bertz CT molecular complexity index is 397. The molecule has 9 nitrogen and oxygen atoms in total. The molecule has 0 aliphatic heterocycles. The average molecular weight is 304 g/mol. The SMILES string of the molecule is COCN(COC(C)=O)C(=O)CCC(=O)N(CO)C(C)=O. The number of carbonyl (C=O) groups is 4. The number of ether oxygens (including phenoxy) is 2. The van der Waals surface area contributed by atoms with Gasteiger partial charge in [-0.1, -0.05) is 0 Å². The van der Waals surface area contributed by atoms with Crippen LogP contribution in [0.3, 0.4) is 0 Å². The third-order valence-corrected chi connectivity index (χ3v) is 2.44. The van der Waals surface area contributed by atoms with Crippen LogP contribution in [0.4, 0.5) is 0 Å². The van der Waals surface area contributed by atoms with Gasteiger partial charge in [0.25, 0.3) is 0 Å². The van der Waals surface area contributed by atoms with E-state index in [1.165, 1.54) is 14.0 Å². The Morgan fingerprint density at radius 1 is 1.00 bits per heavy atom. The molecule has 0 aliphatic carbocycles. The molecule has 0 saturated carbocycles. The van der Waals surface area contributed by atoms with Gasteiger partial charge in [0.1, 0.15) is 13.5 Å². The minimum atomic E-state index is -0.739. The van der Waals surface area contributed by atoms with Gasteiger partial charge in [-0.05, 0) is 0 Å². The molecule has 0 bridgehead atoms. The Balaban J connectivity index is 4.44. The van der Waals surface area contributed by atoms with Crippen LogP contribution in [0.5, 0.6) is 0 Å². The molecule has 3 amide bonds. The summed E-state index contributed by atoms with van der Waals surface area (Å²) in [6.07, 6.45) is -0.452. The average Bonchev–Trinajstić information content (AvgIpc) is 2.40. The first-order valence-corrected chi connectivity index (χ1v) is 6.15. The zero-order valence-electron chi connectivity index (χ0n) is 12.3. The summed E-state index contributed by atoms with van der Waals surface area (Å²) in [6, 6.07) is 0. The highest BCUT2D eigenvalue weighted by Crippen LogP contribution is 2.03. The van der Waals surface area contributed by atoms with Gasteiger partial charge in [0, 0.05) is 33.8 Å². The standard InChI is InChI=1S/C12H20N2O7/c1-9(16)14(6-15)12(19)5-4-11(18)13(7-20-3)8-21-10(2)17/h15H,4-8H2,1-3H3. The first-order valence-electron chi connectivity index (χ1n) is 6.15. The van der Waals surface area contributed by atoms with E-state index in [4.69, 9.17) is 9.84 Å². The maximum Gasteiger partial charge on any atom is 0.304 e. The number of carbonyl (C=O) groups excluding carboxylic acids is 4. The molecule has 0 rings (SSSR count). The van der Waals surface area contributed by atoms with E-state index in [-0.39, 0.29) is 26.3 Å². The summed E-state index contributed by atoms with van der Waals surface area (Å²) in [5.41, 5.74) is 0. The van der Waals surface area contributed by atoms with Crippen LogP contribution < -0.4 is 0 Å². The lowest BCUT2D eigenvalue weighted by Crippen LogP contribution is -2.38. The molecule has 0 aliphatic rings. The zero-order chi connectivity index (χ0) is 16.4. The van der Waals surface area contributed by atoms with Crippen LogP contribution in [0.2, 0.25) is 0 Å². The third-order valence-electron chi connectivity index (χ3n) is 2.44. The molecule has 0 atom stereocenters. The molecule has 0 aromatic carbocycles. The lowest BCUT2D eigenvalue weighted by Gasteiger charge is -2.21. The molecule has 21 heavy (non-hydrogen) atoms. The van der Waals surface area contributed by atoms with Crippen molar-refractivity contribution in [2.45, 2.75) is 26.7 Å². The second kappa shape index (κ2) is 9.83. The van der Waals surface area contributed by atoms with Gasteiger partial charge in [-0.3, -0.25) is 29.0 Å². The summed E-state index contributed by atoms with van der Waals surface area (Å²) in [7, 11) is 1.36. The summed E-state index contributed by atoms with van der Waals surface area (Å²) >= 11 is 0. The summed E-state index contributed by atoms with van der Waals surface area (Å²) < 4.78 is 9.48. The van der Waals surface area contributed by atoms with Crippen molar-refractivity contribution >= 4 is 23.7 Å². The number of imide groups is 1. The first-order chi connectivity index (χ1) is 9.83. The second-order valence-corrected chi connectivity index (χ2v) is 4.10. The van der Waals surface area contributed by atoms with Gasteiger partial charge < -0.3 is 14.6 Å². The fourth-order valence-corrected chi connectivity index (χ4v) is 1.37. The molecular weight excluding hydrogens is 284 g/mol. The van der Waals surface area contributed by atoms with Crippen molar-refractivity contribution in [3.05, 3.63) is 0 Å². The highest BCUT2D eigenvalue weighted by Gasteiger charge is 2.20. The van der Waals surface area contributed by atoms with Crippen LogP contribution in [0, 0.1) is 0 Å². The predicted octanol–water partition coefficient (Wildman–Crippen LogP) is -0.955. The number of rotatable bonds is 8. The molecule has 0 aromatic rings. The van der Waals surface area contributed by atoms with E-state index in [1.807, 2.05) is 0 Å². The molecule has 0 saturated heterocycles. The third kappa shape index (κ3) is 7.37. The summed E-state index contributed by atoms with van der Waals surface area (Å²) in [4.78, 5) is 47.0. The largest absolute Gasteiger partial charge is 0.444 e. The van der Waals surface area contributed by atoms with Crippen LogP contribution in [0.1, 0.15) is 26.7 Å². The van der Waals surface area contributed by atoms with Crippen LogP contribution in [-0.2, 0) is 28.7 Å².